The summed E-state index contributed by atoms with van der Waals surface area (Å²) in [5.74, 6) is -0.168. The predicted molar refractivity (Wildman–Crippen MR) is 66.3 cm³/mol. The van der Waals surface area contributed by atoms with Crippen molar-refractivity contribution in [2.75, 3.05) is 18.8 Å². The van der Waals surface area contributed by atoms with E-state index in [2.05, 4.69) is 22.9 Å². The van der Waals surface area contributed by atoms with Gasteiger partial charge < -0.3 is 0 Å². The lowest BCUT2D eigenvalue weighted by Gasteiger charge is -2.11. The van der Waals surface area contributed by atoms with Gasteiger partial charge >= 0.3 is 0 Å². The van der Waals surface area contributed by atoms with Crippen molar-refractivity contribution >= 4 is 16.3 Å². The molecule has 0 amide bonds. The fraction of sp³-hybridized carbons (Fsp3) is 0.417. The fourth-order valence-electron chi connectivity index (χ4n) is 2.04. The van der Waals surface area contributed by atoms with Crippen LogP contribution in [0, 0.1) is 0 Å². The molecule has 1 N–H and O–H groups in total. The first-order valence-electron chi connectivity index (χ1n) is 5.66. The molecule has 92 valence electrons. The average Bonchev–Trinajstić information content (AvgIpc) is 2.27. The molecule has 17 heavy (non-hydrogen) atoms. The first-order chi connectivity index (χ1) is 8.04. The van der Waals surface area contributed by atoms with Gasteiger partial charge in [-0.25, -0.2) is 4.58 Å². The Hall–Kier alpha value is -1.20. The van der Waals surface area contributed by atoms with Crippen molar-refractivity contribution in [1.29, 1.82) is 0 Å². The largest absolute Gasteiger partial charge is 0.286 e. The molecule has 0 saturated heterocycles. The quantitative estimate of drug-likeness (QED) is 0.643. The molecule has 0 unspecified atom stereocenters. The number of fused-ring (bicyclic) bond motifs is 1. The van der Waals surface area contributed by atoms with Crippen LogP contribution < -0.4 is 0 Å². The second-order valence-corrected chi connectivity index (χ2v) is 5.83. The van der Waals surface area contributed by atoms with Gasteiger partial charge in [0.2, 0.25) is 0 Å². The van der Waals surface area contributed by atoms with E-state index in [0.717, 1.165) is 13.0 Å². The summed E-state index contributed by atoms with van der Waals surface area (Å²) in [6.07, 6.45) is 3.50. The molecule has 1 aliphatic rings. The molecule has 0 radical (unpaired) electrons. The molecule has 0 fully saturated rings. The van der Waals surface area contributed by atoms with E-state index in [1.165, 1.54) is 11.1 Å². The summed E-state index contributed by atoms with van der Waals surface area (Å²) < 4.78 is 31.9. The van der Waals surface area contributed by atoms with E-state index < -0.39 is 10.1 Å². The van der Waals surface area contributed by atoms with Crippen LogP contribution in [0.25, 0.3) is 0 Å². The van der Waals surface area contributed by atoms with Crippen molar-refractivity contribution in [2.24, 2.45) is 0 Å². The predicted octanol–water partition coefficient (Wildman–Crippen LogP) is 0.952. The van der Waals surface area contributed by atoms with Crippen LogP contribution in [0.15, 0.2) is 24.3 Å². The molecule has 0 saturated carbocycles. The van der Waals surface area contributed by atoms with Gasteiger partial charge in [-0.3, -0.25) is 4.55 Å². The van der Waals surface area contributed by atoms with Gasteiger partial charge in [-0.05, 0) is 11.6 Å². The number of hydrogen-bond acceptors (Lipinski definition) is 2. The lowest BCUT2D eigenvalue weighted by molar-refractivity contribution is -0.523. The lowest BCUT2D eigenvalue weighted by atomic mass is 10.0. The molecule has 1 heterocycles. The zero-order valence-electron chi connectivity index (χ0n) is 9.54. The van der Waals surface area contributed by atoms with Gasteiger partial charge in [0.05, 0.1) is 5.75 Å². The van der Waals surface area contributed by atoms with Crippen molar-refractivity contribution in [3.8, 4) is 0 Å². The highest BCUT2D eigenvalue weighted by Crippen LogP contribution is 2.11. The van der Waals surface area contributed by atoms with E-state index in [-0.39, 0.29) is 5.75 Å². The monoisotopic (exact) mass is 254 g/mol. The second kappa shape index (κ2) is 4.98. The maximum Gasteiger partial charge on any atom is 0.265 e. The number of rotatable bonds is 4. The van der Waals surface area contributed by atoms with Crippen molar-refractivity contribution in [1.82, 2.24) is 0 Å². The highest BCUT2D eigenvalue weighted by molar-refractivity contribution is 7.85. The first kappa shape index (κ1) is 12.3. The summed E-state index contributed by atoms with van der Waals surface area (Å²) in [5, 5.41) is 0. The molecule has 0 aromatic heterocycles. The van der Waals surface area contributed by atoms with Crippen LogP contribution in [0.5, 0.6) is 0 Å². The van der Waals surface area contributed by atoms with Gasteiger partial charge in [0.25, 0.3) is 10.1 Å². The zero-order chi connectivity index (χ0) is 12.3. The van der Waals surface area contributed by atoms with E-state index in [0.29, 0.717) is 13.0 Å². The molecule has 4 nitrogen and oxygen atoms in total. The average molecular weight is 254 g/mol. The third kappa shape index (κ3) is 3.64. The SMILES string of the molecule is O=S(=O)(O)CCC[N+]1=Cc2ccccc2CC1. The molecule has 1 aromatic carbocycles. The number of nitrogens with zero attached hydrogens (tertiary/aromatic N) is 1. The van der Waals surface area contributed by atoms with Crippen molar-refractivity contribution in [3.63, 3.8) is 0 Å². The Bertz CT molecular complexity index is 534. The molecule has 0 bridgehead atoms. The maximum atomic E-state index is 10.6. The van der Waals surface area contributed by atoms with Crippen LogP contribution in [0.4, 0.5) is 0 Å². The van der Waals surface area contributed by atoms with Gasteiger partial charge in [0, 0.05) is 18.4 Å². The molecule has 2 rings (SSSR count). The third-order valence-corrected chi connectivity index (χ3v) is 3.70. The first-order valence-corrected chi connectivity index (χ1v) is 7.27. The highest BCUT2D eigenvalue weighted by Gasteiger charge is 2.15. The fourth-order valence-corrected chi connectivity index (χ4v) is 2.53. The van der Waals surface area contributed by atoms with Gasteiger partial charge in [0.1, 0.15) is 13.1 Å². The van der Waals surface area contributed by atoms with Crippen molar-refractivity contribution < 1.29 is 17.5 Å². The molecule has 0 spiro atoms. The zero-order valence-corrected chi connectivity index (χ0v) is 10.4. The minimum Gasteiger partial charge on any atom is -0.286 e. The summed E-state index contributed by atoms with van der Waals surface area (Å²) in [7, 11) is -3.83. The maximum absolute atomic E-state index is 10.6. The molecular formula is C12H16NO3S+. The summed E-state index contributed by atoms with van der Waals surface area (Å²) in [4.78, 5) is 0. The second-order valence-electron chi connectivity index (χ2n) is 4.25. The summed E-state index contributed by atoms with van der Waals surface area (Å²) in [6.45, 7) is 1.57. The van der Waals surface area contributed by atoms with Gasteiger partial charge in [-0.1, -0.05) is 18.2 Å². The molecule has 1 aliphatic heterocycles. The summed E-state index contributed by atoms with van der Waals surface area (Å²) >= 11 is 0. The van der Waals surface area contributed by atoms with E-state index in [1.807, 2.05) is 12.1 Å². The number of hydrogen-bond donors (Lipinski definition) is 1. The summed E-state index contributed by atoms with van der Waals surface area (Å²) in [6, 6.07) is 8.20. The lowest BCUT2D eigenvalue weighted by Crippen LogP contribution is -2.24. The van der Waals surface area contributed by atoms with E-state index in [4.69, 9.17) is 4.55 Å². The van der Waals surface area contributed by atoms with Crippen LogP contribution >= 0.6 is 0 Å². The molecule has 0 atom stereocenters. The van der Waals surface area contributed by atoms with Crippen LogP contribution in [-0.4, -0.2) is 42.6 Å². The van der Waals surface area contributed by atoms with E-state index in [1.54, 1.807) is 0 Å². The smallest absolute Gasteiger partial charge is 0.265 e. The van der Waals surface area contributed by atoms with Crippen LogP contribution in [-0.2, 0) is 16.5 Å². The highest BCUT2D eigenvalue weighted by atomic mass is 32.2. The van der Waals surface area contributed by atoms with Gasteiger partial charge in [0.15, 0.2) is 6.21 Å². The molecular weight excluding hydrogens is 238 g/mol. The minimum absolute atomic E-state index is 0.168. The topological polar surface area (TPSA) is 57.4 Å². The van der Waals surface area contributed by atoms with Gasteiger partial charge in [-0.15, -0.1) is 0 Å². The van der Waals surface area contributed by atoms with Crippen LogP contribution in [0.1, 0.15) is 17.5 Å². The summed E-state index contributed by atoms with van der Waals surface area (Å²) in [5.41, 5.74) is 2.53. The van der Waals surface area contributed by atoms with Crippen LogP contribution in [0.2, 0.25) is 0 Å². The Morgan fingerprint density at radius 3 is 2.82 bits per heavy atom. The van der Waals surface area contributed by atoms with E-state index in [9.17, 15) is 8.42 Å². The van der Waals surface area contributed by atoms with Crippen LogP contribution in [0.3, 0.4) is 0 Å². The third-order valence-electron chi connectivity index (χ3n) is 2.89. The van der Waals surface area contributed by atoms with Gasteiger partial charge in [-0.2, -0.15) is 8.42 Å². The molecule has 1 aromatic rings. The van der Waals surface area contributed by atoms with E-state index >= 15 is 0 Å². The normalized spacial score (nSPS) is 15.2. The van der Waals surface area contributed by atoms with Crippen molar-refractivity contribution in [3.05, 3.63) is 35.4 Å². The minimum atomic E-state index is -3.83. The Morgan fingerprint density at radius 2 is 2.06 bits per heavy atom. The molecule has 0 aliphatic carbocycles. The number of benzene rings is 1. The Balaban J connectivity index is 1.98. The Kier molecular flexibility index (Phi) is 3.59. The Labute approximate surface area is 101 Å². The Morgan fingerprint density at radius 1 is 1.29 bits per heavy atom. The standard InChI is InChI=1S/C12H15NO3S/c14-17(15,16)9-3-7-13-8-6-11-4-1-2-5-12(11)10-13/h1-2,4-5,10H,3,6-9H2/p+1. The molecule has 5 heteroatoms. The van der Waals surface area contributed by atoms with Crippen molar-refractivity contribution in [2.45, 2.75) is 12.8 Å².